The second kappa shape index (κ2) is 6.53. The zero-order valence-corrected chi connectivity index (χ0v) is 14.8. The molecule has 0 aliphatic heterocycles. The number of rotatable bonds is 4. The molecule has 0 radical (unpaired) electrons. The summed E-state index contributed by atoms with van der Waals surface area (Å²) in [7, 11) is 0. The molecule has 4 rings (SSSR count). The quantitative estimate of drug-likeness (QED) is 0.602. The Morgan fingerprint density at radius 1 is 1.00 bits per heavy atom. The third kappa shape index (κ3) is 3.22. The van der Waals surface area contributed by atoms with Crippen molar-refractivity contribution in [3.8, 4) is 5.82 Å². The predicted molar refractivity (Wildman–Crippen MR) is 100 cm³/mol. The lowest BCUT2D eigenvalue weighted by molar-refractivity contribution is -0.255. The fourth-order valence-corrected chi connectivity index (χ4v) is 2.93. The molecule has 0 bridgehead atoms. The van der Waals surface area contributed by atoms with Crippen molar-refractivity contribution in [2.24, 2.45) is 0 Å². The van der Waals surface area contributed by atoms with Gasteiger partial charge in [-0.3, -0.25) is 0 Å². The van der Waals surface area contributed by atoms with E-state index in [1.807, 2.05) is 44.2 Å². The zero-order chi connectivity index (χ0) is 19.0. The molecule has 0 unspecified atom stereocenters. The summed E-state index contributed by atoms with van der Waals surface area (Å²) in [6.07, 6.45) is 0. The Hall–Kier alpha value is -3.74. The average molecular weight is 358 g/mol. The number of hydrogen-bond donors (Lipinski definition) is 1. The molecule has 2 aromatic carbocycles. The molecule has 0 amide bonds. The summed E-state index contributed by atoms with van der Waals surface area (Å²) in [5.41, 5.74) is 3.91. The van der Waals surface area contributed by atoms with Crippen molar-refractivity contribution in [1.82, 2.24) is 19.7 Å². The maximum absolute atomic E-state index is 11.1. The van der Waals surface area contributed by atoms with Crippen LogP contribution in [0, 0.1) is 13.8 Å². The van der Waals surface area contributed by atoms with Gasteiger partial charge >= 0.3 is 0 Å². The molecule has 1 N–H and O–H groups in total. The van der Waals surface area contributed by atoms with Crippen molar-refractivity contribution in [1.29, 1.82) is 0 Å². The first-order valence-electron chi connectivity index (χ1n) is 8.40. The van der Waals surface area contributed by atoms with Crippen LogP contribution in [0.2, 0.25) is 0 Å². The second-order valence-electron chi connectivity index (χ2n) is 6.22. The minimum Gasteiger partial charge on any atom is -0.545 e. The number of carbonyl (C=O) groups excluding carboxylic acids is 1. The summed E-state index contributed by atoms with van der Waals surface area (Å²) < 4.78 is 1.72. The van der Waals surface area contributed by atoms with Gasteiger partial charge in [0.05, 0.1) is 22.7 Å². The maximum Gasteiger partial charge on any atom is 0.197 e. The molecule has 0 aliphatic rings. The van der Waals surface area contributed by atoms with E-state index in [1.165, 1.54) is 12.1 Å². The third-order valence-corrected chi connectivity index (χ3v) is 4.12. The number of aromatic nitrogens is 4. The third-order valence-electron chi connectivity index (χ3n) is 4.12. The smallest absolute Gasteiger partial charge is 0.197 e. The molecule has 4 aromatic rings. The first-order valence-corrected chi connectivity index (χ1v) is 8.40. The van der Waals surface area contributed by atoms with E-state index in [0.29, 0.717) is 17.3 Å². The van der Waals surface area contributed by atoms with Crippen LogP contribution in [0.15, 0.2) is 54.6 Å². The van der Waals surface area contributed by atoms with Gasteiger partial charge in [0.1, 0.15) is 0 Å². The highest BCUT2D eigenvalue weighted by Gasteiger charge is 2.14. The lowest BCUT2D eigenvalue weighted by atomic mass is 10.2. The second-order valence-corrected chi connectivity index (χ2v) is 6.22. The molecule has 0 atom stereocenters. The standard InChI is InChI=1S/C20H17N5O2/c1-12-10-13(2)25(24-12)19-18(22-16-8-3-4-9-17(16)23-19)21-15-7-5-6-14(11-15)20(26)27/h3-11H,1-2H3,(H,21,22)(H,26,27)/p-1. The number of benzene rings is 2. The molecule has 0 aliphatic carbocycles. The van der Waals surface area contributed by atoms with Crippen molar-refractivity contribution in [3.63, 3.8) is 0 Å². The lowest BCUT2D eigenvalue weighted by Gasteiger charge is -2.14. The number of hydrogen-bond acceptors (Lipinski definition) is 6. The van der Waals surface area contributed by atoms with Crippen molar-refractivity contribution >= 4 is 28.5 Å². The first-order chi connectivity index (χ1) is 13.0. The SMILES string of the molecule is Cc1cc(C)n(-c2nc3ccccc3nc2Nc2cccc(C(=O)[O-])c2)n1. The van der Waals surface area contributed by atoms with E-state index in [1.54, 1.807) is 16.8 Å². The van der Waals surface area contributed by atoms with E-state index in [9.17, 15) is 9.90 Å². The Bertz CT molecular complexity index is 1170. The Labute approximate surface area is 155 Å². The van der Waals surface area contributed by atoms with E-state index in [0.717, 1.165) is 22.4 Å². The van der Waals surface area contributed by atoms with Gasteiger partial charge in [-0.15, -0.1) is 0 Å². The van der Waals surface area contributed by atoms with Gasteiger partial charge in [0, 0.05) is 11.4 Å². The first kappa shape index (κ1) is 16.7. The van der Waals surface area contributed by atoms with E-state index in [-0.39, 0.29) is 5.56 Å². The van der Waals surface area contributed by atoms with Crippen LogP contribution >= 0.6 is 0 Å². The normalized spacial score (nSPS) is 10.9. The van der Waals surface area contributed by atoms with Gasteiger partial charge in [-0.25, -0.2) is 14.6 Å². The highest BCUT2D eigenvalue weighted by atomic mass is 16.4. The average Bonchev–Trinajstić information content (AvgIpc) is 2.99. The van der Waals surface area contributed by atoms with Crippen LogP contribution in [0.25, 0.3) is 16.9 Å². The number of carboxylic acids is 1. The molecule has 0 fully saturated rings. The largest absolute Gasteiger partial charge is 0.545 e. The zero-order valence-electron chi connectivity index (χ0n) is 14.8. The molecule has 0 saturated heterocycles. The number of fused-ring (bicyclic) bond motifs is 1. The summed E-state index contributed by atoms with van der Waals surface area (Å²) in [5.74, 6) is -0.212. The van der Waals surface area contributed by atoms with Crippen molar-refractivity contribution in [3.05, 3.63) is 71.5 Å². The fourth-order valence-electron chi connectivity index (χ4n) is 2.93. The summed E-state index contributed by atoms with van der Waals surface area (Å²) in [6, 6.07) is 15.9. The maximum atomic E-state index is 11.1. The number of anilines is 2. The fraction of sp³-hybridized carbons (Fsp3) is 0.100. The number of carboxylic acid groups (broad SMARTS) is 1. The molecule has 2 aromatic heterocycles. The van der Waals surface area contributed by atoms with Gasteiger partial charge in [-0.1, -0.05) is 24.3 Å². The van der Waals surface area contributed by atoms with E-state index in [4.69, 9.17) is 4.98 Å². The Morgan fingerprint density at radius 3 is 2.41 bits per heavy atom. The van der Waals surface area contributed by atoms with Gasteiger partial charge < -0.3 is 15.2 Å². The summed E-state index contributed by atoms with van der Waals surface area (Å²) in [4.78, 5) is 20.5. The van der Waals surface area contributed by atoms with Crippen LogP contribution in [0.5, 0.6) is 0 Å². The van der Waals surface area contributed by atoms with Crippen LogP contribution in [-0.4, -0.2) is 25.7 Å². The lowest BCUT2D eigenvalue weighted by Crippen LogP contribution is -2.22. The number of nitrogens with zero attached hydrogens (tertiary/aromatic N) is 4. The highest BCUT2D eigenvalue weighted by Crippen LogP contribution is 2.25. The van der Waals surface area contributed by atoms with Crippen LogP contribution in [0.4, 0.5) is 11.5 Å². The molecule has 27 heavy (non-hydrogen) atoms. The number of nitrogens with one attached hydrogen (secondary N) is 1. The highest BCUT2D eigenvalue weighted by molar-refractivity contribution is 5.87. The molecular weight excluding hydrogens is 342 g/mol. The molecule has 2 heterocycles. The molecule has 134 valence electrons. The predicted octanol–water partition coefficient (Wildman–Crippen LogP) is 2.54. The van der Waals surface area contributed by atoms with E-state index >= 15 is 0 Å². The van der Waals surface area contributed by atoms with Gasteiger partial charge in [-0.2, -0.15) is 5.10 Å². The van der Waals surface area contributed by atoms with Crippen LogP contribution in [0.1, 0.15) is 21.7 Å². The summed E-state index contributed by atoms with van der Waals surface area (Å²) in [5, 5.41) is 18.8. The van der Waals surface area contributed by atoms with Crippen molar-refractivity contribution < 1.29 is 9.90 Å². The molecule has 7 heteroatoms. The van der Waals surface area contributed by atoms with Gasteiger partial charge in [0.2, 0.25) is 0 Å². The monoisotopic (exact) mass is 358 g/mol. The van der Waals surface area contributed by atoms with E-state index < -0.39 is 5.97 Å². The minimum atomic E-state index is -1.23. The van der Waals surface area contributed by atoms with Crippen molar-refractivity contribution in [2.75, 3.05) is 5.32 Å². The minimum absolute atomic E-state index is 0.0846. The molecular formula is C20H16N5O2-. The van der Waals surface area contributed by atoms with Gasteiger partial charge in [0.25, 0.3) is 0 Å². The summed E-state index contributed by atoms with van der Waals surface area (Å²) in [6.45, 7) is 3.85. The van der Waals surface area contributed by atoms with Gasteiger partial charge in [0.15, 0.2) is 11.6 Å². The number of carbonyl (C=O) groups is 1. The van der Waals surface area contributed by atoms with Crippen molar-refractivity contribution in [2.45, 2.75) is 13.8 Å². The number of aryl methyl sites for hydroxylation is 2. The van der Waals surface area contributed by atoms with Crippen LogP contribution in [0.3, 0.4) is 0 Å². The number of para-hydroxylation sites is 2. The topological polar surface area (TPSA) is 95.8 Å². The Balaban J connectivity index is 1.88. The molecule has 7 nitrogen and oxygen atoms in total. The molecule has 0 spiro atoms. The molecule has 0 saturated carbocycles. The summed E-state index contributed by atoms with van der Waals surface area (Å²) >= 11 is 0. The van der Waals surface area contributed by atoms with Gasteiger partial charge in [-0.05, 0) is 49.7 Å². The van der Waals surface area contributed by atoms with E-state index in [2.05, 4.69) is 15.4 Å². The van der Waals surface area contributed by atoms with Crippen LogP contribution in [-0.2, 0) is 0 Å². The Kier molecular flexibility index (Phi) is 4.04. The number of aromatic carboxylic acids is 1. The van der Waals surface area contributed by atoms with Crippen LogP contribution < -0.4 is 10.4 Å². The Morgan fingerprint density at radius 2 is 1.74 bits per heavy atom.